The molecule has 9 heavy (non-hydrogen) atoms. The molecule has 0 radical (unpaired) electrons. The van der Waals surface area contributed by atoms with Gasteiger partial charge < -0.3 is 9.47 Å². The van der Waals surface area contributed by atoms with Crippen LogP contribution in [-0.2, 0) is 9.47 Å². The van der Waals surface area contributed by atoms with Crippen LogP contribution in [0.2, 0.25) is 0 Å². The Kier molecular flexibility index (Phi) is 1.78. The summed E-state index contributed by atoms with van der Waals surface area (Å²) in [5.41, 5.74) is 0.135. The quantitative estimate of drug-likeness (QED) is 0.493. The Bertz CT molecular complexity index is 87.6. The van der Waals surface area contributed by atoms with Crippen LogP contribution in [0, 0.1) is 5.41 Å². The largest absolute Gasteiger partial charge is 0.350 e. The third kappa shape index (κ3) is 1.66. The molecule has 54 valence electrons. The number of hydrogen-bond donors (Lipinski definition) is 0. The summed E-state index contributed by atoms with van der Waals surface area (Å²) < 4.78 is 10.6. The lowest BCUT2D eigenvalue weighted by atomic mass is 9.96. The molecule has 2 heteroatoms. The van der Waals surface area contributed by atoms with E-state index in [9.17, 15) is 0 Å². The molecule has 1 fully saturated rings. The van der Waals surface area contributed by atoms with Gasteiger partial charge in [-0.1, -0.05) is 20.8 Å². The molecule has 1 heterocycles. The Morgan fingerprint density at radius 1 is 1.11 bits per heavy atom. The average molecular weight is 130 g/mol. The second kappa shape index (κ2) is 2.27. The first-order chi connectivity index (χ1) is 4.11. The topological polar surface area (TPSA) is 18.5 Å². The Morgan fingerprint density at radius 3 is 1.78 bits per heavy atom. The zero-order chi connectivity index (χ0) is 6.91. The maximum absolute atomic E-state index is 5.30. The van der Waals surface area contributed by atoms with Crippen molar-refractivity contribution in [1.29, 1.82) is 0 Å². The third-order valence-electron chi connectivity index (χ3n) is 1.33. The Morgan fingerprint density at radius 2 is 1.56 bits per heavy atom. The van der Waals surface area contributed by atoms with E-state index in [1.54, 1.807) is 0 Å². The highest BCUT2D eigenvalue weighted by atomic mass is 16.7. The minimum absolute atomic E-state index is 0.0116. The lowest BCUT2D eigenvalue weighted by Gasteiger charge is -2.24. The van der Waals surface area contributed by atoms with Crippen molar-refractivity contribution < 1.29 is 9.47 Å². The molecule has 1 saturated heterocycles. The number of ether oxygens (including phenoxy) is 2. The first-order valence-corrected chi connectivity index (χ1v) is 3.34. The van der Waals surface area contributed by atoms with Crippen LogP contribution in [0.4, 0.5) is 0 Å². The fourth-order valence-corrected chi connectivity index (χ4v) is 0.858. The lowest BCUT2D eigenvalue weighted by Crippen LogP contribution is -2.26. The molecule has 0 unspecified atom stereocenters. The van der Waals surface area contributed by atoms with Crippen LogP contribution in [0.1, 0.15) is 20.8 Å². The van der Waals surface area contributed by atoms with Gasteiger partial charge in [-0.25, -0.2) is 0 Å². The van der Waals surface area contributed by atoms with Gasteiger partial charge >= 0.3 is 0 Å². The molecule has 0 aliphatic carbocycles. The van der Waals surface area contributed by atoms with Crippen molar-refractivity contribution in [3.05, 3.63) is 0 Å². The van der Waals surface area contributed by atoms with E-state index in [2.05, 4.69) is 20.8 Å². The van der Waals surface area contributed by atoms with Gasteiger partial charge in [0.15, 0.2) is 6.29 Å². The molecule has 1 aliphatic rings. The Hall–Kier alpha value is -0.0800. The molecule has 1 rings (SSSR count). The van der Waals surface area contributed by atoms with E-state index < -0.39 is 0 Å². The summed E-state index contributed by atoms with van der Waals surface area (Å²) in [7, 11) is 0. The average Bonchev–Trinajstić information content (AvgIpc) is 2.08. The molecule has 0 bridgehead atoms. The second-order valence-electron chi connectivity index (χ2n) is 3.44. The summed E-state index contributed by atoms with van der Waals surface area (Å²) in [5, 5.41) is 0. The van der Waals surface area contributed by atoms with Gasteiger partial charge in [-0.05, 0) is 0 Å². The molecular formula is C7H14O2. The van der Waals surface area contributed by atoms with E-state index in [0.29, 0.717) is 0 Å². The predicted octanol–water partition coefficient (Wildman–Crippen LogP) is 1.41. The monoisotopic (exact) mass is 130 g/mol. The van der Waals surface area contributed by atoms with Crippen molar-refractivity contribution in [2.75, 3.05) is 13.2 Å². The lowest BCUT2D eigenvalue weighted by molar-refractivity contribution is -0.112. The molecule has 0 saturated carbocycles. The van der Waals surface area contributed by atoms with E-state index >= 15 is 0 Å². The van der Waals surface area contributed by atoms with Crippen LogP contribution in [0.3, 0.4) is 0 Å². The van der Waals surface area contributed by atoms with E-state index in [1.165, 1.54) is 0 Å². The summed E-state index contributed by atoms with van der Waals surface area (Å²) >= 11 is 0. The minimum atomic E-state index is 0.0116. The third-order valence-corrected chi connectivity index (χ3v) is 1.33. The zero-order valence-corrected chi connectivity index (χ0v) is 6.31. The molecular weight excluding hydrogens is 116 g/mol. The molecule has 0 N–H and O–H groups in total. The normalized spacial score (nSPS) is 23.0. The van der Waals surface area contributed by atoms with Gasteiger partial charge in [0.05, 0.1) is 13.2 Å². The van der Waals surface area contributed by atoms with E-state index in [-0.39, 0.29) is 11.7 Å². The van der Waals surface area contributed by atoms with Crippen LogP contribution < -0.4 is 0 Å². The van der Waals surface area contributed by atoms with E-state index in [0.717, 1.165) is 13.2 Å². The maximum Gasteiger partial charge on any atom is 0.162 e. The Labute approximate surface area is 56.2 Å². The highest BCUT2D eigenvalue weighted by molar-refractivity contribution is 4.68. The highest BCUT2D eigenvalue weighted by Gasteiger charge is 2.29. The zero-order valence-electron chi connectivity index (χ0n) is 6.31. The van der Waals surface area contributed by atoms with E-state index in [1.807, 2.05) is 0 Å². The highest BCUT2D eigenvalue weighted by Crippen LogP contribution is 2.25. The fraction of sp³-hybridized carbons (Fsp3) is 1.00. The predicted molar refractivity (Wildman–Crippen MR) is 35.1 cm³/mol. The van der Waals surface area contributed by atoms with Gasteiger partial charge in [-0.15, -0.1) is 0 Å². The van der Waals surface area contributed by atoms with Crippen molar-refractivity contribution >= 4 is 0 Å². The molecule has 0 spiro atoms. The maximum atomic E-state index is 5.30. The summed E-state index contributed by atoms with van der Waals surface area (Å²) in [6.45, 7) is 7.85. The Balaban J connectivity index is 2.42. The summed E-state index contributed by atoms with van der Waals surface area (Å²) in [6.07, 6.45) is 0.0116. The number of rotatable bonds is 0. The van der Waals surface area contributed by atoms with Crippen molar-refractivity contribution in [3.8, 4) is 0 Å². The molecule has 2 nitrogen and oxygen atoms in total. The van der Waals surface area contributed by atoms with Gasteiger partial charge in [0.2, 0.25) is 0 Å². The van der Waals surface area contributed by atoms with Crippen LogP contribution >= 0.6 is 0 Å². The molecule has 0 amide bonds. The van der Waals surface area contributed by atoms with Crippen molar-refractivity contribution in [1.82, 2.24) is 0 Å². The van der Waals surface area contributed by atoms with Crippen LogP contribution in [0.15, 0.2) is 0 Å². The smallest absolute Gasteiger partial charge is 0.162 e. The fourth-order valence-electron chi connectivity index (χ4n) is 0.858. The summed E-state index contributed by atoms with van der Waals surface area (Å²) in [4.78, 5) is 0. The minimum Gasteiger partial charge on any atom is -0.350 e. The standard InChI is InChI=1S/C7H14O2/c1-7(2,3)6-8-4-5-9-6/h6H,4-5H2,1-3H3. The molecule has 0 aromatic rings. The SMILES string of the molecule is CC(C)(C)C1OCCO1. The van der Waals surface area contributed by atoms with Gasteiger partial charge in [0.25, 0.3) is 0 Å². The second-order valence-corrected chi connectivity index (χ2v) is 3.44. The van der Waals surface area contributed by atoms with Gasteiger partial charge in [-0.2, -0.15) is 0 Å². The van der Waals surface area contributed by atoms with Crippen molar-refractivity contribution in [2.45, 2.75) is 27.1 Å². The first-order valence-electron chi connectivity index (χ1n) is 3.34. The van der Waals surface area contributed by atoms with Crippen molar-refractivity contribution in [3.63, 3.8) is 0 Å². The summed E-state index contributed by atoms with van der Waals surface area (Å²) in [5.74, 6) is 0. The van der Waals surface area contributed by atoms with Crippen LogP contribution in [-0.4, -0.2) is 19.5 Å². The van der Waals surface area contributed by atoms with E-state index in [4.69, 9.17) is 9.47 Å². The van der Waals surface area contributed by atoms with Gasteiger partial charge in [0, 0.05) is 5.41 Å². The van der Waals surface area contributed by atoms with Crippen molar-refractivity contribution in [2.24, 2.45) is 5.41 Å². The van der Waals surface area contributed by atoms with Gasteiger partial charge in [-0.3, -0.25) is 0 Å². The molecule has 0 aromatic heterocycles. The molecule has 0 atom stereocenters. The molecule has 1 aliphatic heterocycles. The van der Waals surface area contributed by atoms with Gasteiger partial charge in [0.1, 0.15) is 0 Å². The first kappa shape index (κ1) is 7.03. The van der Waals surface area contributed by atoms with Crippen LogP contribution in [0.5, 0.6) is 0 Å². The number of hydrogen-bond acceptors (Lipinski definition) is 2. The van der Waals surface area contributed by atoms with Crippen LogP contribution in [0.25, 0.3) is 0 Å². The molecule has 0 aromatic carbocycles. The summed E-state index contributed by atoms with van der Waals surface area (Å²) in [6, 6.07) is 0.